The van der Waals surface area contributed by atoms with Gasteiger partial charge in [-0.05, 0) is 6.07 Å². The molecular weight excluding hydrogens is 296 g/mol. The number of hydrogen-bond acceptors (Lipinski definition) is 5. The fraction of sp³-hybridized carbons (Fsp3) is 0.125. The van der Waals surface area contributed by atoms with Gasteiger partial charge in [-0.3, -0.25) is 19.9 Å². The number of rotatable bonds is 2. The lowest BCUT2D eigenvalue weighted by molar-refractivity contribution is -0.384. The maximum absolute atomic E-state index is 12.3. The van der Waals surface area contributed by atoms with Crippen LogP contribution in [0.1, 0.15) is 11.1 Å². The first-order valence-corrected chi connectivity index (χ1v) is 6.94. The number of anilines is 1. The van der Waals surface area contributed by atoms with E-state index in [-0.39, 0.29) is 11.6 Å². The molecule has 0 spiro atoms. The zero-order valence-corrected chi connectivity index (χ0v) is 12.3. The maximum atomic E-state index is 12.3. The van der Waals surface area contributed by atoms with Crippen LogP contribution < -0.4 is 10.6 Å². The van der Waals surface area contributed by atoms with Gasteiger partial charge >= 0.3 is 0 Å². The molecule has 1 aliphatic heterocycles. The number of benzodiazepines with no additional fused rings is 1. The van der Waals surface area contributed by atoms with Gasteiger partial charge in [-0.25, -0.2) is 0 Å². The van der Waals surface area contributed by atoms with Crippen LogP contribution in [0.15, 0.2) is 53.5 Å². The number of aliphatic imine (C=N–C) groups is 1. The van der Waals surface area contributed by atoms with E-state index in [1.54, 1.807) is 13.1 Å². The number of amides is 1. The van der Waals surface area contributed by atoms with Crippen molar-refractivity contribution in [2.75, 3.05) is 11.9 Å². The van der Waals surface area contributed by atoms with Crippen LogP contribution in [0, 0.1) is 10.1 Å². The van der Waals surface area contributed by atoms with Gasteiger partial charge in [0, 0.05) is 30.3 Å². The van der Waals surface area contributed by atoms with Crippen LogP contribution in [0.5, 0.6) is 0 Å². The number of carbonyl (C=O) groups is 1. The van der Waals surface area contributed by atoms with Crippen molar-refractivity contribution in [3.05, 3.63) is 69.8 Å². The summed E-state index contributed by atoms with van der Waals surface area (Å²) in [4.78, 5) is 28.6. The first-order valence-electron chi connectivity index (χ1n) is 6.94. The highest BCUT2D eigenvalue weighted by molar-refractivity contribution is 6.20. The lowest BCUT2D eigenvalue weighted by atomic mass is 9.99. The molecule has 23 heavy (non-hydrogen) atoms. The third kappa shape index (κ3) is 2.58. The Morgan fingerprint density at radius 3 is 2.57 bits per heavy atom. The minimum atomic E-state index is -1.05. The Morgan fingerprint density at radius 1 is 1.22 bits per heavy atom. The van der Waals surface area contributed by atoms with E-state index in [0.29, 0.717) is 17.0 Å². The highest BCUT2D eigenvalue weighted by Crippen LogP contribution is 2.30. The molecule has 116 valence electrons. The average Bonchev–Trinajstić information content (AvgIpc) is 2.66. The second-order valence-corrected chi connectivity index (χ2v) is 5.14. The number of likely N-dealkylation sites (N-methyl/N-ethyl adjacent to an activating group) is 1. The molecule has 7 heteroatoms. The topological polar surface area (TPSA) is 102 Å². The van der Waals surface area contributed by atoms with Crippen molar-refractivity contribution in [2.24, 2.45) is 10.7 Å². The third-order valence-corrected chi connectivity index (χ3v) is 3.71. The minimum Gasteiger partial charge on any atom is -0.312 e. The fourth-order valence-corrected chi connectivity index (χ4v) is 2.53. The molecule has 1 aliphatic rings. The Balaban J connectivity index is 2.28. The molecule has 1 heterocycles. The summed E-state index contributed by atoms with van der Waals surface area (Å²) in [5.41, 5.74) is 8.05. The van der Waals surface area contributed by atoms with Crippen LogP contribution in [0.25, 0.3) is 0 Å². The van der Waals surface area contributed by atoms with Gasteiger partial charge in [0.05, 0.1) is 16.3 Å². The minimum absolute atomic E-state index is 0.0660. The number of nitro benzene ring substituents is 1. The molecule has 0 fully saturated rings. The summed E-state index contributed by atoms with van der Waals surface area (Å²) in [7, 11) is 1.58. The van der Waals surface area contributed by atoms with E-state index >= 15 is 0 Å². The number of nitro groups is 1. The normalized spacial score (nSPS) is 17.3. The third-order valence-electron chi connectivity index (χ3n) is 3.71. The molecule has 0 bridgehead atoms. The first-order chi connectivity index (χ1) is 11.0. The molecule has 0 radical (unpaired) electrons. The summed E-state index contributed by atoms with van der Waals surface area (Å²) in [5.74, 6) is -0.369. The highest BCUT2D eigenvalue weighted by atomic mass is 16.6. The fourth-order valence-electron chi connectivity index (χ4n) is 2.53. The molecule has 3 rings (SSSR count). The van der Waals surface area contributed by atoms with E-state index in [1.165, 1.54) is 17.0 Å². The number of carbonyl (C=O) groups excluding carboxylic acids is 1. The summed E-state index contributed by atoms with van der Waals surface area (Å²) in [6.45, 7) is 0. The van der Waals surface area contributed by atoms with E-state index in [1.807, 2.05) is 30.3 Å². The second kappa shape index (κ2) is 5.62. The number of nitrogens with zero attached hydrogens (tertiary/aromatic N) is 3. The molecule has 0 saturated carbocycles. The SMILES string of the molecule is CN1C(=O)C(N)N=C(c2ccccc2)c2cc([N+](=O)[O-])ccc21. The number of benzene rings is 2. The lowest BCUT2D eigenvalue weighted by Crippen LogP contribution is -2.39. The van der Waals surface area contributed by atoms with Crippen molar-refractivity contribution in [1.29, 1.82) is 0 Å². The lowest BCUT2D eigenvalue weighted by Gasteiger charge is -2.18. The first kappa shape index (κ1) is 14.9. The Morgan fingerprint density at radius 2 is 1.91 bits per heavy atom. The predicted molar refractivity (Wildman–Crippen MR) is 86.6 cm³/mol. The quantitative estimate of drug-likeness (QED) is 0.673. The van der Waals surface area contributed by atoms with Gasteiger partial charge in [-0.1, -0.05) is 30.3 Å². The number of hydrogen-bond donors (Lipinski definition) is 1. The zero-order chi connectivity index (χ0) is 16.6. The van der Waals surface area contributed by atoms with Crippen LogP contribution in [-0.4, -0.2) is 29.8 Å². The Labute approximate surface area is 132 Å². The van der Waals surface area contributed by atoms with Gasteiger partial charge in [0.15, 0.2) is 6.17 Å². The van der Waals surface area contributed by atoms with E-state index in [4.69, 9.17) is 5.73 Å². The summed E-state index contributed by atoms with van der Waals surface area (Å²) in [5, 5.41) is 11.1. The predicted octanol–water partition coefficient (Wildman–Crippen LogP) is 1.69. The molecule has 0 aromatic heterocycles. The van der Waals surface area contributed by atoms with E-state index in [9.17, 15) is 14.9 Å². The smallest absolute Gasteiger partial charge is 0.270 e. The number of fused-ring (bicyclic) bond motifs is 1. The van der Waals surface area contributed by atoms with E-state index in [0.717, 1.165) is 5.56 Å². The molecule has 2 aromatic carbocycles. The molecule has 2 N–H and O–H groups in total. The maximum Gasteiger partial charge on any atom is 0.270 e. The largest absolute Gasteiger partial charge is 0.312 e. The highest BCUT2D eigenvalue weighted by Gasteiger charge is 2.28. The second-order valence-electron chi connectivity index (χ2n) is 5.14. The molecular formula is C16H14N4O3. The Hall–Kier alpha value is -3.06. The molecule has 0 saturated heterocycles. The van der Waals surface area contributed by atoms with Crippen molar-refractivity contribution in [3.8, 4) is 0 Å². The molecule has 1 unspecified atom stereocenters. The van der Waals surface area contributed by atoms with Crippen LogP contribution >= 0.6 is 0 Å². The van der Waals surface area contributed by atoms with Crippen molar-refractivity contribution in [2.45, 2.75) is 6.17 Å². The van der Waals surface area contributed by atoms with Gasteiger partial charge < -0.3 is 10.6 Å². The van der Waals surface area contributed by atoms with E-state index < -0.39 is 11.1 Å². The van der Waals surface area contributed by atoms with Crippen molar-refractivity contribution < 1.29 is 9.72 Å². The van der Waals surface area contributed by atoms with Crippen LogP contribution in [0.2, 0.25) is 0 Å². The van der Waals surface area contributed by atoms with Crippen LogP contribution in [0.4, 0.5) is 11.4 Å². The van der Waals surface area contributed by atoms with Crippen molar-refractivity contribution in [1.82, 2.24) is 0 Å². The van der Waals surface area contributed by atoms with Crippen molar-refractivity contribution in [3.63, 3.8) is 0 Å². The molecule has 0 aliphatic carbocycles. The number of nitrogens with two attached hydrogens (primary N) is 1. The molecule has 1 atom stereocenters. The Bertz CT molecular complexity index is 817. The Kier molecular flexibility index (Phi) is 3.63. The summed E-state index contributed by atoms with van der Waals surface area (Å²) in [6, 6.07) is 13.5. The average molecular weight is 310 g/mol. The summed E-state index contributed by atoms with van der Waals surface area (Å²) < 4.78 is 0. The monoisotopic (exact) mass is 310 g/mol. The van der Waals surface area contributed by atoms with Gasteiger partial charge in [0.2, 0.25) is 0 Å². The van der Waals surface area contributed by atoms with Gasteiger partial charge in [0.25, 0.3) is 11.6 Å². The van der Waals surface area contributed by atoms with Gasteiger partial charge in [-0.15, -0.1) is 0 Å². The van der Waals surface area contributed by atoms with Crippen LogP contribution in [-0.2, 0) is 4.79 Å². The molecule has 2 aromatic rings. The summed E-state index contributed by atoms with van der Waals surface area (Å²) >= 11 is 0. The molecule has 7 nitrogen and oxygen atoms in total. The van der Waals surface area contributed by atoms with Crippen LogP contribution in [0.3, 0.4) is 0 Å². The van der Waals surface area contributed by atoms with Gasteiger partial charge in [-0.2, -0.15) is 0 Å². The van der Waals surface area contributed by atoms with Crippen molar-refractivity contribution >= 4 is 23.0 Å². The van der Waals surface area contributed by atoms with E-state index in [2.05, 4.69) is 4.99 Å². The summed E-state index contributed by atoms with van der Waals surface area (Å²) in [6.07, 6.45) is -1.05. The zero-order valence-electron chi connectivity index (χ0n) is 12.3. The standard InChI is InChI=1S/C16H14N4O3/c1-19-13-8-7-11(20(22)23)9-12(13)14(18-15(17)16(19)21)10-5-3-2-4-6-10/h2-9,15H,17H2,1H3. The van der Waals surface area contributed by atoms with Gasteiger partial charge in [0.1, 0.15) is 0 Å². The molecule has 1 amide bonds. The number of non-ortho nitro benzene ring substituents is 1.